The molecular weight excluding hydrogens is 261 g/mol. The molecule has 0 amide bonds. The van der Waals surface area contributed by atoms with E-state index in [9.17, 15) is 0 Å². The summed E-state index contributed by atoms with van der Waals surface area (Å²) in [7, 11) is 11.5. The molecule has 0 atom stereocenters. The molecule has 0 bridgehead atoms. The topological polar surface area (TPSA) is 9.72 Å². The summed E-state index contributed by atoms with van der Waals surface area (Å²) in [6.07, 6.45) is 3.04. The molecule has 0 aliphatic rings. The minimum atomic E-state index is -1.33. The normalized spacial score (nSPS) is 12.1. The van der Waals surface area contributed by atoms with Crippen molar-refractivity contribution in [2.24, 2.45) is 0 Å². The van der Waals surface area contributed by atoms with E-state index in [0.717, 1.165) is 6.16 Å². The summed E-state index contributed by atoms with van der Waals surface area (Å²) in [5.41, 5.74) is 0. The highest BCUT2D eigenvalue weighted by Crippen LogP contribution is 2.63. The molecule has 0 aromatic heterocycles. The van der Waals surface area contributed by atoms with Crippen molar-refractivity contribution >= 4 is 7.71 Å². The maximum Gasteiger partial charge on any atom is 0.229 e. The average molecular weight is 284 g/mol. The second-order valence-corrected chi connectivity index (χ2v) is 7.86. The molecule has 0 fully saturated rings. The van der Waals surface area contributed by atoms with Gasteiger partial charge in [-0.2, -0.15) is 14.0 Å². The zero-order valence-corrected chi connectivity index (χ0v) is 12.6. The Morgan fingerprint density at radius 1 is 0.929 bits per heavy atom. The molecule has 0 aromatic rings. The third kappa shape index (κ3) is 3.28. The molecular formula is C9H23BrN3P. The highest BCUT2D eigenvalue weighted by molar-refractivity contribution is 7.69. The molecule has 0 aliphatic heterocycles. The van der Waals surface area contributed by atoms with Crippen LogP contribution in [-0.4, -0.2) is 62.5 Å². The van der Waals surface area contributed by atoms with E-state index in [1.54, 1.807) is 0 Å². The molecule has 0 radical (unpaired) electrons. The van der Waals surface area contributed by atoms with Gasteiger partial charge in [-0.1, -0.05) is 6.58 Å². The highest BCUT2D eigenvalue weighted by atomic mass is 79.9. The highest BCUT2D eigenvalue weighted by Gasteiger charge is 2.45. The summed E-state index contributed by atoms with van der Waals surface area (Å²) in [4.78, 5) is 0. The Bertz CT molecular complexity index is 150. The molecule has 5 heteroatoms. The van der Waals surface area contributed by atoms with E-state index in [1.807, 2.05) is 6.08 Å². The van der Waals surface area contributed by atoms with Gasteiger partial charge in [-0.25, -0.2) is 0 Å². The summed E-state index contributed by atoms with van der Waals surface area (Å²) in [5, 5.41) is 0. The van der Waals surface area contributed by atoms with Gasteiger partial charge in [0, 0.05) is 42.3 Å². The maximum atomic E-state index is 3.84. The third-order valence-corrected chi connectivity index (χ3v) is 6.89. The molecule has 3 nitrogen and oxygen atoms in total. The van der Waals surface area contributed by atoms with Gasteiger partial charge in [0.25, 0.3) is 0 Å². The Kier molecular flexibility index (Phi) is 8.37. The van der Waals surface area contributed by atoms with Crippen molar-refractivity contribution < 1.29 is 17.0 Å². The molecule has 0 rings (SSSR count). The predicted octanol–water partition coefficient (Wildman–Crippen LogP) is -1.38. The Balaban J connectivity index is 0. The fourth-order valence-electron chi connectivity index (χ4n) is 1.74. The number of hydrogen-bond donors (Lipinski definition) is 0. The number of hydrogen-bond acceptors (Lipinski definition) is 3. The van der Waals surface area contributed by atoms with Crippen LogP contribution in [0.5, 0.6) is 0 Å². The smallest absolute Gasteiger partial charge is 0.229 e. The lowest BCUT2D eigenvalue weighted by atomic mass is 10.8. The van der Waals surface area contributed by atoms with Crippen molar-refractivity contribution in [1.29, 1.82) is 0 Å². The van der Waals surface area contributed by atoms with Crippen LogP contribution in [0.4, 0.5) is 0 Å². The van der Waals surface area contributed by atoms with Gasteiger partial charge in [-0.3, -0.25) is 0 Å². The molecule has 0 N–H and O–H groups in total. The summed E-state index contributed by atoms with van der Waals surface area (Å²) < 4.78 is 6.94. The van der Waals surface area contributed by atoms with Crippen LogP contribution in [0.3, 0.4) is 0 Å². The molecule has 0 aromatic carbocycles. The maximum absolute atomic E-state index is 3.84. The van der Waals surface area contributed by atoms with Crippen molar-refractivity contribution in [3.8, 4) is 0 Å². The largest absolute Gasteiger partial charge is 1.00 e. The molecule has 86 valence electrons. The van der Waals surface area contributed by atoms with E-state index in [2.05, 4.69) is 62.9 Å². The quantitative estimate of drug-likeness (QED) is 0.455. The van der Waals surface area contributed by atoms with Gasteiger partial charge in [0.2, 0.25) is 7.71 Å². The van der Waals surface area contributed by atoms with Gasteiger partial charge < -0.3 is 17.0 Å². The van der Waals surface area contributed by atoms with E-state index >= 15 is 0 Å². The Morgan fingerprint density at radius 3 is 1.29 bits per heavy atom. The van der Waals surface area contributed by atoms with Crippen LogP contribution in [0.1, 0.15) is 0 Å². The number of nitrogens with zero attached hydrogens (tertiary/aromatic N) is 3. The van der Waals surface area contributed by atoms with E-state index in [4.69, 9.17) is 0 Å². The number of allylic oxidation sites excluding steroid dienone is 1. The van der Waals surface area contributed by atoms with Gasteiger partial charge in [-0.05, 0) is 6.08 Å². The van der Waals surface area contributed by atoms with Gasteiger partial charge in [-0.15, -0.1) is 0 Å². The van der Waals surface area contributed by atoms with Crippen molar-refractivity contribution in [3.05, 3.63) is 12.7 Å². The fourth-order valence-corrected chi connectivity index (χ4v) is 5.21. The lowest BCUT2D eigenvalue weighted by Gasteiger charge is -2.39. The van der Waals surface area contributed by atoms with Crippen LogP contribution in [0.15, 0.2) is 12.7 Å². The lowest BCUT2D eigenvalue weighted by molar-refractivity contribution is -0.00000308. The second kappa shape index (κ2) is 6.91. The standard InChI is InChI=1S/C9H23N3P.BrH/c1-8-9-13(10(2)3,11(4)5)12(6)7;/h8H,1,9H2,2-7H3;1H/q+1;/p-1. The van der Waals surface area contributed by atoms with Gasteiger partial charge >= 0.3 is 0 Å². The summed E-state index contributed by atoms with van der Waals surface area (Å²) in [6.45, 7) is 3.84. The van der Waals surface area contributed by atoms with Crippen LogP contribution in [-0.2, 0) is 0 Å². The molecule has 0 saturated heterocycles. The first-order chi connectivity index (χ1) is 5.89. The predicted molar refractivity (Wildman–Crippen MR) is 63.0 cm³/mol. The van der Waals surface area contributed by atoms with Gasteiger partial charge in [0.05, 0.1) is 0 Å². The third-order valence-electron chi connectivity index (χ3n) is 2.30. The van der Waals surface area contributed by atoms with E-state index in [-0.39, 0.29) is 17.0 Å². The minimum Gasteiger partial charge on any atom is -1.00 e. The van der Waals surface area contributed by atoms with Crippen LogP contribution in [0, 0.1) is 0 Å². The molecule has 0 spiro atoms. The monoisotopic (exact) mass is 283 g/mol. The second-order valence-electron chi connectivity index (χ2n) is 3.71. The molecule has 0 heterocycles. The van der Waals surface area contributed by atoms with E-state index in [1.165, 1.54) is 0 Å². The van der Waals surface area contributed by atoms with Crippen LogP contribution in [0.25, 0.3) is 0 Å². The summed E-state index contributed by atoms with van der Waals surface area (Å²) in [5.74, 6) is 0. The first kappa shape index (κ1) is 16.9. The van der Waals surface area contributed by atoms with Crippen LogP contribution < -0.4 is 17.0 Å². The SMILES string of the molecule is C=CC[P+](N(C)C)(N(C)C)N(C)C.[Br-]. The van der Waals surface area contributed by atoms with Crippen LogP contribution >= 0.6 is 7.71 Å². The van der Waals surface area contributed by atoms with E-state index in [0.29, 0.717) is 0 Å². The Labute approximate surface area is 100 Å². The van der Waals surface area contributed by atoms with E-state index < -0.39 is 7.71 Å². The average Bonchev–Trinajstić information content (AvgIpc) is 1.97. The molecule has 0 saturated carbocycles. The lowest BCUT2D eigenvalue weighted by Crippen LogP contribution is -3.00. The van der Waals surface area contributed by atoms with Gasteiger partial charge in [0.1, 0.15) is 6.16 Å². The molecule has 14 heavy (non-hydrogen) atoms. The first-order valence-corrected chi connectivity index (χ1v) is 6.25. The zero-order valence-electron chi connectivity index (χ0n) is 10.2. The fraction of sp³-hybridized carbons (Fsp3) is 0.778. The van der Waals surface area contributed by atoms with Crippen molar-refractivity contribution in [3.63, 3.8) is 0 Å². The minimum absolute atomic E-state index is 0. The first-order valence-electron chi connectivity index (χ1n) is 4.42. The van der Waals surface area contributed by atoms with Crippen molar-refractivity contribution in [1.82, 2.24) is 14.0 Å². The van der Waals surface area contributed by atoms with Crippen molar-refractivity contribution in [2.75, 3.05) is 48.4 Å². The number of halogens is 1. The Hall–Kier alpha value is 0.530. The van der Waals surface area contributed by atoms with Gasteiger partial charge in [0.15, 0.2) is 0 Å². The van der Waals surface area contributed by atoms with Crippen LogP contribution in [0.2, 0.25) is 0 Å². The Morgan fingerprint density at radius 2 is 1.21 bits per heavy atom. The summed E-state index contributed by atoms with van der Waals surface area (Å²) in [6, 6.07) is 0. The van der Waals surface area contributed by atoms with Crippen molar-refractivity contribution in [2.45, 2.75) is 0 Å². The summed E-state index contributed by atoms with van der Waals surface area (Å²) >= 11 is 0. The number of rotatable bonds is 5. The molecule has 0 aliphatic carbocycles. The zero-order chi connectivity index (χ0) is 10.6. The molecule has 0 unspecified atom stereocenters.